The molecule has 2 aromatic carbocycles. The molecule has 5 heteroatoms. The molecule has 166 valence electrons. The lowest BCUT2D eigenvalue weighted by molar-refractivity contribution is 0.214. The van der Waals surface area contributed by atoms with Crippen LogP contribution in [0, 0.1) is 6.92 Å². The zero-order valence-electron chi connectivity index (χ0n) is 19.6. The summed E-state index contributed by atoms with van der Waals surface area (Å²) in [6.07, 6.45) is 2.44. The monoisotopic (exact) mass is 420 g/mol. The number of nitrogens with one attached hydrogen (secondary N) is 2. The van der Waals surface area contributed by atoms with Gasteiger partial charge in [-0.1, -0.05) is 26.0 Å². The Morgan fingerprint density at radius 2 is 1.97 bits per heavy atom. The number of nitrogens with zero attached hydrogens (tertiary/aromatic N) is 2. The van der Waals surface area contributed by atoms with Crippen LogP contribution in [-0.2, 0) is 0 Å². The van der Waals surface area contributed by atoms with Gasteiger partial charge in [-0.25, -0.2) is 4.98 Å². The minimum atomic E-state index is 0.460. The maximum absolute atomic E-state index is 5.65. The number of fused-ring (bicyclic) bond motifs is 1. The van der Waals surface area contributed by atoms with E-state index in [-0.39, 0.29) is 0 Å². The second-order valence-electron chi connectivity index (χ2n) is 9.15. The Morgan fingerprint density at radius 1 is 1.19 bits per heavy atom. The molecular formula is C26H36N4O. The predicted molar refractivity (Wildman–Crippen MR) is 129 cm³/mol. The fourth-order valence-electron chi connectivity index (χ4n) is 4.71. The largest absolute Gasteiger partial charge is 0.496 e. The van der Waals surface area contributed by atoms with Gasteiger partial charge in [0.05, 0.1) is 23.7 Å². The predicted octanol–water partition coefficient (Wildman–Crippen LogP) is 5.07. The maximum Gasteiger partial charge on any atom is 0.142 e. The molecule has 1 fully saturated rings. The molecule has 5 nitrogen and oxygen atoms in total. The average molecular weight is 421 g/mol. The van der Waals surface area contributed by atoms with E-state index >= 15 is 0 Å². The molecule has 1 saturated heterocycles. The van der Waals surface area contributed by atoms with Crippen LogP contribution in [0.25, 0.3) is 22.4 Å². The molecule has 1 aliphatic rings. The van der Waals surface area contributed by atoms with Gasteiger partial charge in [0.1, 0.15) is 11.6 Å². The number of benzene rings is 2. The number of imidazole rings is 1. The Balaban J connectivity index is 1.63. The third-order valence-electron chi connectivity index (χ3n) is 6.68. The van der Waals surface area contributed by atoms with Gasteiger partial charge < -0.3 is 19.9 Å². The van der Waals surface area contributed by atoms with Crippen LogP contribution in [0.15, 0.2) is 30.3 Å². The van der Waals surface area contributed by atoms with Crippen LogP contribution in [0.2, 0.25) is 0 Å². The molecule has 1 aromatic heterocycles. The number of aryl methyl sites for hydroxylation is 1. The van der Waals surface area contributed by atoms with Gasteiger partial charge in [-0.05, 0) is 86.6 Å². The maximum atomic E-state index is 5.65. The van der Waals surface area contributed by atoms with Crippen molar-refractivity contribution in [1.29, 1.82) is 0 Å². The minimum absolute atomic E-state index is 0.460. The molecule has 1 aliphatic heterocycles. The number of hydrogen-bond donors (Lipinski definition) is 2. The van der Waals surface area contributed by atoms with Crippen molar-refractivity contribution >= 4 is 11.0 Å². The smallest absolute Gasteiger partial charge is 0.142 e. The zero-order valence-corrected chi connectivity index (χ0v) is 19.6. The number of aromatic amines is 1. The number of rotatable bonds is 7. The van der Waals surface area contributed by atoms with Crippen molar-refractivity contribution in [3.63, 3.8) is 0 Å². The first-order chi connectivity index (χ1) is 15.0. The van der Waals surface area contributed by atoms with E-state index in [2.05, 4.69) is 66.3 Å². The summed E-state index contributed by atoms with van der Waals surface area (Å²) < 4.78 is 5.65. The number of methoxy groups -OCH3 is 1. The molecule has 0 amide bonds. The molecule has 31 heavy (non-hydrogen) atoms. The second-order valence-corrected chi connectivity index (χ2v) is 9.15. The highest BCUT2D eigenvalue weighted by atomic mass is 16.5. The summed E-state index contributed by atoms with van der Waals surface area (Å²) >= 11 is 0. The first-order valence-electron chi connectivity index (χ1n) is 11.6. The summed E-state index contributed by atoms with van der Waals surface area (Å²) in [5, 5.41) is 3.26. The Labute approximate surface area is 186 Å². The Hall–Kier alpha value is -2.37. The lowest BCUT2D eigenvalue weighted by Gasteiger charge is -2.32. The molecule has 0 unspecified atom stereocenters. The molecule has 0 bridgehead atoms. The average Bonchev–Trinajstić information content (AvgIpc) is 3.22. The van der Waals surface area contributed by atoms with Crippen LogP contribution in [0.4, 0.5) is 0 Å². The van der Waals surface area contributed by atoms with E-state index in [1.54, 1.807) is 7.11 Å². The fourth-order valence-corrected chi connectivity index (χ4v) is 4.71. The van der Waals surface area contributed by atoms with Crippen molar-refractivity contribution < 1.29 is 4.74 Å². The standard InChI is InChI=1S/C26H36N4O/c1-17(2)20-6-7-24(31-5)22(15-20)26-28-23-16-21(14-18(3)25(23)29-26)19-8-11-30(12-9-19)13-10-27-4/h6-7,14-17,19,27H,8-13H2,1-5H3,(H,28,29). The fraction of sp³-hybridized carbons (Fsp3) is 0.500. The summed E-state index contributed by atoms with van der Waals surface area (Å²) in [5.74, 6) is 2.83. The first-order valence-corrected chi connectivity index (χ1v) is 11.6. The van der Waals surface area contributed by atoms with Gasteiger partial charge in [-0.3, -0.25) is 0 Å². The number of piperidine rings is 1. The van der Waals surface area contributed by atoms with Crippen molar-refractivity contribution in [1.82, 2.24) is 20.2 Å². The molecule has 0 atom stereocenters. The van der Waals surface area contributed by atoms with Crippen LogP contribution in [0.5, 0.6) is 5.75 Å². The number of hydrogen-bond acceptors (Lipinski definition) is 4. The molecule has 3 aromatic rings. The molecule has 0 saturated carbocycles. The van der Waals surface area contributed by atoms with E-state index in [1.165, 1.54) is 42.6 Å². The van der Waals surface area contributed by atoms with E-state index in [9.17, 15) is 0 Å². The number of ether oxygens (including phenoxy) is 1. The summed E-state index contributed by atoms with van der Waals surface area (Å²) in [4.78, 5) is 11.1. The normalized spacial score (nSPS) is 15.8. The highest BCUT2D eigenvalue weighted by molar-refractivity contribution is 5.84. The third-order valence-corrected chi connectivity index (χ3v) is 6.68. The van der Waals surface area contributed by atoms with Gasteiger partial charge in [0.2, 0.25) is 0 Å². The van der Waals surface area contributed by atoms with Gasteiger partial charge >= 0.3 is 0 Å². The summed E-state index contributed by atoms with van der Waals surface area (Å²) in [6, 6.07) is 11.1. The van der Waals surface area contributed by atoms with Gasteiger partial charge in [-0.15, -0.1) is 0 Å². The molecular weight excluding hydrogens is 384 g/mol. The Bertz CT molecular complexity index is 1030. The Kier molecular flexibility index (Phi) is 6.63. The second kappa shape index (κ2) is 9.41. The van der Waals surface area contributed by atoms with Crippen LogP contribution < -0.4 is 10.1 Å². The van der Waals surface area contributed by atoms with E-state index in [0.29, 0.717) is 11.8 Å². The highest BCUT2D eigenvalue weighted by Gasteiger charge is 2.22. The van der Waals surface area contributed by atoms with Crippen molar-refractivity contribution in [3.8, 4) is 17.1 Å². The highest BCUT2D eigenvalue weighted by Crippen LogP contribution is 2.35. The van der Waals surface area contributed by atoms with Crippen LogP contribution in [-0.4, -0.2) is 55.2 Å². The zero-order chi connectivity index (χ0) is 22.0. The summed E-state index contributed by atoms with van der Waals surface area (Å²) in [5.41, 5.74) is 7.19. The van der Waals surface area contributed by atoms with Crippen molar-refractivity contribution in [2.24, 2.45) is 0 Å². The quantitative estimate of drug-likeness (QED) is 0.560. The van der Waals surface area contributed by atoms with Gasteiger partial charge in [0.25, 0.3) is 0 Å². The molecule has 0 spiro atoms. The van der Waals surface area contributed by atoms with E-state index < -0.39 is 0 Å². The van der Waals surface area contributed by atoms with Crippen molar-refractivity contribution in [2.45, 2.75) is 45.4 Å². The van der Waals surface area contributed by atoms with E-state index in [4.69, 9.17) is 9.72 Å². The Morgan fingerprint density at radius 3 is 2.65 bits per heavy atom. The number of H-pyrrole nitrogens is 1. The number of likely N-dealkylation sites (N-methyl/N-ethyl adjacent to an activating group) is 1. The lowest BCUT2D eigenvalue weighted by Crippen LogP contribution is -2.37. The van der Waals surface area contributed by atoms with Gasteiger partial charge in [-0.2, -0.15) is 0 Å². The molecule has 2 heterocycles. The van der Waals surface area contributed by atoms with Crippen molar-refractivity contribution in [3.05, 3.63) is 47.0 Å². The summed E-state index contributed by atoms with van der Waals surface area (Å²) in [7, 11) is 3.75. The third kappa shape index (κ3) is 4.63. The van der Waals surface area contributed by atoms with Gasteiger partial charge in [0, 0.05) is 13.1 Å². The molecule has 4 rings (SSSR count). The van der Waals surface area contributed by atoms with E-state index in [0.717, 1.165) is 41.3 Å². The van der Waals surface area contributed by atoms with Crippen LogP contribution >= 0.6 is 0 Å². The van der Waals surface area contributed by atoms with E-state index in [1.807, 2.05) is 7.05 Å². The number of likely N-dealkylation sites (tertiary alicyclic amines) is 1. The summed E-state index contributed by atoms with van der Waals surface area (Å²) in [6.45, 7) is 11.2. The SMILES string of the molecule is CNCCN1CCC(c2cc(C)c3nc(-c4cc(C(C)C)ccc4OC)[nH]c3c2)CC1. The molecule has 2 N–H and O–H groups in total. The van der Waals surface area contributed by atoms with Crippen LogP contribution in [0.1, 0.15) is 55.2 Å². The lowest BCUT2D eigenvalue weighted by atomic mass is 9.88. The first kappa shape index (κ1) is 21.8. The molecule has 0 aliphatic carbocycles. The van der Waals surface area contributed by atoms with Crippen molar-refractivity contribution in [2.75, 3.05) is 40.3 Å². The molecule has 0 radical (unpaired) electrons. The van der Waals surface area contributed by atoms with Gasteiger partial charge in [0.15, 0.2) is 0 Å². The van der Waals surface area contributed by atoms with Crippen LogP contribution in [0.3, 0.4) is 0 Å². The topological polar surface area (TPSA) is 53.2 Å². The minimum Gasteiger partial charge on any atom is -0.496 e. The number of aromatic nitrogens is 2.